The lowest BCUT2D eigenvalue weighted by Crippen LogP contribution is -1.96. The maximum Gasteiger partial charge on any atom is 0.137 e. The van der Waals surface area contributed by atoms with E-state index in [9.17, 15) is 0 Å². The predicted octanol–water partition coefficient (Wildman–Crippen LogP) is 6.56. The van der Waals surface area contributed by atoms with Gasteiger partial charge in [-0.25, -0.2) is 4.98 Å². The van der Waals surface area contributed by atoms with Gasteiger partial charge in [0.15, 0.2) is 0 Å². The van der Waals surface area contributed by atoms with Crippen molar-refractivity contribution in [1.29, 1.82) is 0 Å². The lowest BCUT2D eigenvalue weighted by molar-refractivity contribution is 0.415. The van der Waals surface area contributed by atoms with Gasteiger partial charge in [-0.2, -0.15) is 0 Å². The molecule has 134 valence electrons. The van der Waals surface area contributed by atoms with Gasteiger partial charge >= 0.3 is 0 Å². The molecule has 4 heteroatoms. The van der Waals surface area contributed by atoms with Crippen LogP contribution in [0.1, 0.15) is 0 Å². The van der Waals surface area contributed by atoms with Crippen LogP contribution in [-0.2, 0) is 0 Å². The van der Waals surface area contributed by atoms with E-state index in [1.165, 1.54) is 36.5 Å². The molecule has 6 aromatic rings. The van der Waals surface area contributed by atoms with Gasteiger partial charge in [-0.15, -0.1) is 11.3 Å². The number of ether oxygens (including phenoxy) is 1. The van der Waals surface area contributed by atoms with Crippen LogP contribution < -0.4 is 4.74 Å². The average Bonchev–Trinajstić information content (AvgIpc) is 3.29. The Bertz CT molecular complexity index is 1500. The Balaban J connectivity index is 1.86. The third kappa shape index (κ3) is 2.06. The zero-order valence-corrected chi connectivity index (χ0v) is 16.0. The molecule has 3 nitrogen and oxygen atoms in total. The summed E-state index contributed by atoms with van der Waals surface area (Å²) in [5, 5.41) is 5.13. The number of pyridine rings is 1. The molecule has 0 radical (unpaired) electrons. The van der Waals surface area contributed by atoms with Gasteiger partial charge in [-0.3, -0.25) is 4.57 Å². The van der Waals surface area contributed by atoms with Crippen LogP contribution in [-0.4, -0.2) is 16.7 Å². The molecule has 0 bridgehead atoms. The van der Waals surface area contributed by atoms with Gasteiger partial charge in [0.25, 0.3) is 0 Å². The molecule has 3 aromatic carbocycles. The van der Waals surface area contributed by atoms with Gasteiger partial charge < -0.3 is 4.74 Å². The van der Waals surface area contributed by atoms with Gasteiger partial charge in [0.1, 0.15) is 11.6 Å². The maximum absolute atomic E-state index is 5.51. The molecular weight excluding hydrogens is 364 g/mol. The summed E-state index contributed by atoms with van der Waals surface area (Å²) in [6.45, 7) is 0. The number of hydrogen-bond donors (Lipinski definition) is 0. The second-order valence-corrected chi connectivity index (χ2v) is 7.89. The molecule has 0 unspecified atom stereocenters. The topological polar surface area (TPSA) is 27.1 Å². The van der Waals surface area contributed by atoms with Gasteiger partial charge in [-0.05, 0) is 36.4 Å². The van der Waals surface area contributed by atoms with Crippen molar-refractivity contribution < 1.29 is 4.74 Å². The molecule has 0 spiro atoms. The number of rotatable bonds is 2. The fourth-order valence-electron chi connectivity index (χ4n) is 4.12. The second-order valence-electron chi connectivity index (χ2n) is 6.84. The summed E-state index contributed by atoms with van der Waals surface area (Å²) in [5.41, 5.74) is 2.28. The number of aromatic nitrogens is 2. The zero-order chi connectivity index (χ0) is 18.7. The average molecular weight is 380 g/mol. The van der Waals surface area contributed by atoms with E-state index < -0.39 is 0 Å². The van der Waals surface area contributed by atoms with E-state index in [-0.39, 0.29) is 0 Å². The van der Waals surface area contributed by atoms with Gasteiger partial charge in [-0.1, -0.05) is 30.3 Å². The molecule has 0 saturated heterocycles. The van der Waals surface area contributed by atoms with E-state index >= 15 is 0 Å². The van der Waals surface area contributed by atoms with Crippen molar-refractivity contribution >= 4 is 53.3 Å². The number of methoxy groups -OCH3 is 1. The molecule has 3 aromatic heterocycles. The first-order valence-electron chi connectivity index (χ1n) is 9.19. The normalized spacial score (nSPS) is 11.8. The highest BCUT2D eigenvalue weighted by atomic mass is 32.1. The number of hydrogen-bond acceptors (Lipinski definition) is 3. The monoisotopic (exact) mass is 380 g/mol. The Morgan fingerprint density at radius 1 is 0.821 bits per heavy atom. The minimum atomic E-state index is 0.847. The van der Waals surface area contributed by atoms with Crippen molar-refractivity contribution in [3.05, 3.63) is 79.0 Å². The van der Waals surface area contributed by atoms with E-state index in [1.54, 1.807) is 7.11 Å². The quantitative estimate of drug-likeness (QED) is 0.340. The molecule has 0 amide bonds. The largest absolute Gasteiger partial charge is 0.497 e. The van der Waals surface area contributed by atoms with Crippen molar-refractivity contribution in [1.82, 2.24) is 9.55 Å². The number of benzene rings is 3. The third-order valence-corrected chi connectivity index (χ3v) is 6.56. The Labute approximate surface area is 165 Å². The lowest BCUT2D eigenvalue weighted by Gasteiger charge is -2.07. The van der Waals surface area contributed by atoms with E-state index in [4.69, 9.17) is 4.74 Å². The van der Waals surface area contributed by atoms with Crippen LogP contribution in [0.4, 0.5) is 0 Å². The molecule has 0 N–H and O–H groups in total. The highest BCUT2D eigenvalue weighted by molar-refractivity contribution is 7.26. The molecule has 0 saturated carbocycles. The summed E-state index contributed by atoms with van der Waals surface area (Å²) in [4.78, 5) is 4.63. The molecule has 0 aliphatic rings. The summed E-state index contributed by atoms with van der Waals surface area (Å²) in [5.74, 6) is 1.76. The molecule has 0 aliphatic heterocycles. The van der Waals surface area contributed by atoms with Crippen LogP contribution in [0.2, 0.25) is 0 Å². The Morgan fingerprint density at radius 2 is 1.68 bits per heavy atom. The summed E-state index contributed by atoms with van der Waals surface area (Å²) in [6, 6.07) is 25.4. The zero-order valence-electron chi connectivity index (χ0n) is 15.2. The van der Waals surface area contributed by atoms with Crippen LogP contribution in [0.3, 0.4) is 0 Å². The predicted molar refractivity (Wildman–Crippen MR) is 118 cm³/mol. The third-order valence-electron chi connectivity index (χ3n) is 5.36. The molecule has 0 fully saturated rings. The van der Waals surface area contributed by atoms with Crippen molar-refractivity contribution in [2.24, 2.45) is 0 Å². The molecule has 0 atom stereocenters. The van der Waals surface area contributed by atoms with E-state index in [1.807, 2.05) is 41.8 Å². The standard InChI is InChI=1S/C24H16N2OS/c1-27-15-9-10-18-20(14-15)26(22-8-4-5-13-25-22)19-12-11-17-16-6-2-3-7-21(16)28-24(17)23(18)19/h2-14H,1H3. The first-order valence-corrected chi connectivity index (χ1v) is 10.0. The fourth-order valence-corrected chi connectivity index (χ4v) is 5.38. The lowest BCUT2D eigenvalue weighted by atomic mass is 10.1. The number of fused-ring (bicyclic) bond motifs is 7. The number of thiophene rings is 1. The molecule has 6 rings (SSSR count). The van der Waals surface area contributed by atoms with Crippen molar-refractivity contribution in [3.8, 4) is 11.6 Å². The van der Waals surface area contributed by atoms with Crippen LogP contribution in [0.15, 0.2) is 79.0 Å². The van der Waals surface area contributed by atoms with Crippen LogP contribution in [0.5, 0.6) is 5.75 Å². The highest BCUT2D eigenvalue weighted by Crippen LogP contribution is 2.43. The summed E-state index contributed by atoms with van der Waals surface area (Å²) in [6.07, 6.45) is 1.84. The van der Waals surface area contributed by atoms with Crippen LogP contribution in [0.25, 0.3) is 47.8 Å². The minimum absolute atomic E-state index is 0.847. The van der Waals surface area contributed by atoms with Gasteiger partial charge in [0, 0.05) is 43.2 Å². The van der Waals surface area contributed by atoms with Crippen LogP contribution in [0, 0.1) is 0 Å². The van der Waals surface area contributed by atoms with Gasteiger partial charge in [0.2, 0.25) is 0 Å². The Hall–Kier alpha value is -3.37. The summed E-state index contributed by atoms with van der Waals surface area (Å²) >= 11 is 1.86. The van der Waals surface area contributed by atoms with Gasteiger partial charge in [0.05, 0.1) is 18.1 Å². The first kappa shape index (κ1) is 15.7. The summed E-state index contributed by atoms with van der Waals surface area (Å²) in [7, 11) is 1.71. The second kappa shape index (κ2) is 5.81. The molecule has 0 aliphatic carbocycles. The smallest absolute Gasteiger partial charge is 0.137 e. The van der Waals surface area contributed by atoms with E-state index in [2.05, 4.69) is 58.1 Å². The minimum Gasteiger partial charge on any atom is -0.497 e. The van der Waals surface area contributed by atoms with Crippen molar-refractivity contribution in [2.45, 2.75) is 0 Å². The molecule has 28 heavy (non-hydrogen) atoms. The van der Waals surface area contributed by atoms with E-state index in [0.29, 0.717) is 0 Å². The van der Waals surface area contributed by atoms with Crippen LogP contribution >= 0.6 is 11.3 Å². The first-order chi connectivity index (χ1) is 13.8. The maximum atomic E-state index is 5.51. The van der Waals surface area contributed by atoms with E-state index in [0.717, 1.165) is 17.1 Å². The summed E-state index contributed by atoms with van der Waals surface area (Å²) < 4.78 is 10.4. The SMILES string of the molecule is COc1ccc2c3c4sc5ccccc5c4ccc3n(-c3ccccn3)c2c1. The highest BCUT2D eigenvalue weighted by Gasteiger charge is 2.18. The Morgan fingerprint density at radius 3 is 2.54 bits per heavy atom. The van der Waals surface area contributed by atoms with Crippen molar-refractivity contribution in [3.63, 3.8) is 0 Å². The molecular formula is C24H16N2OS. The fraction of sp³-hybridized carbons (Fsp3) is 0.0417. The van der Waals surface area contributed by atoms with Crippen molar-refractivity contribution in [2.75, 3.05) is 7.11 Å². The Kier molecular flexibility index (Phi) is 3.25. The number of nitrogens with zero attached hydrogens (tertiary/aromatic N) is 2. The molecule has 3 heterocycles.